The highest BCUT2D eigenvalue weighted by Crippen LogP contribution is 2.18. The Morgan fingerprint density at radius 2 is 2.33 bits per heavy atom. The van der Waals surface area contributed by atoms with Crippen molar-refractivity contribution in [2.24, 2.45) is 0 Å². The van der Waals surface area contributed by atoms with Crippen LogP contribution in [0.2, 0.25) is 0 Å². The number of carbonyl (C=O) groups excluding carboxylic acids is 1. The molecule has 6 heteroatoms. The molecule has 0 saturated carbocycles. The van der Waals surface area contributed by atoms with Crippen molar-refractivity contribution in [3.8, 4) is 5.75 Å². The molecule has 2 unspecified atom stereocenters. The topological polar surface area (TPSA) is 79.8 Å². The average molecular weight is 294 g/mol. The van der Waals surface area contributed by atoms with E-state index < -0.39 is 6.10 Å². The van der Waals surface area contributed by atoms with Gasteiger partial charge in [0.15, 0.2) is 0 Å². The summed E-state index contributed by atoms with van der Waals surface area (Å²) in [6.07, 6.45) is 0.812. The van der Waals surface area contributed by atoms with Gasteiger partial charge >= 0.3 is 0 Å². The summed E-state index contributed by atoms with van der Waals surface area (Å²) in [7, 11) is 1.66. The van der Waals surface area contributed by atoms with E-state index in [2.05, 4.69) is 10.6 Å². The molecule has 116 valence electrons. The zero-order chi connectivity index (χ0) is 15.1. The molecular formula is C15H22N2O4. The van der Waals surface area contributed by atoms with Crippen LogP contribution in [-0.2, 0) is 9.53 Å². The van der Waals surface area contributed by atoms with Gasteiger partial charge in [0.1, 0.15) is 5.75 Å². The van der Waals surface area contributed by atoms with Crippen molar-refractivity contribution < 1.29 is 19.4 Å². The Morgan fingerprint density at radius 1 is 1.48 bits per heavy atom. The molecule has 0 radical (unpaired) electrons. The third-order valence-electron chi connectivity index (χ3n) is 3.29. The van der Waals surface area contributed by atoms with Gasteiger partial charge in [0, 0.05) is 38.4 Å². The van der Waals surface area contributed by atoms with Crippen molar-refractivity contribution in [1.82, 2.24) is 5.32 Å². The Kier molecular flexibility index (Phi) is 5.98. The van der Waals surface area contributed by atoms with Crippen LogP contribution in [0.1, 0.15) is 12.8 Å². The number of ether oxygens (including phenoxy) is 2. The largest absolute Gasteiger partial charge is 0.493 e. The van der Waals surface area contributed by atoms with Crippen LogP contribution in [0.25, 0.3) is 0 Å². The molecule has 0 bridgehead atoms. The molecule has 3 N–H and O–H groups in total. The summed E-state index contributed by atoms with van der Waals surface area (Å²) >= 11 is 0. The standard InChI is InChI=1S/C15H22N2O4/c1-20-6-3-7-21-13-5-2-4-11(8-13)17-15(19)14-9-12(18)10-16-14/h2,4-5,8,12,14,16,18H,3,6-7,9-10H2,1H3,(H,17,19). The van der Waals surface area contributed by atoms with Gasteiger partial charge in [0.05, 0.1) is 18.8 Å². The fourth-order valence-electron chi connectivity index (χ4n) is 2.20. The van der Waals surface area contributed by atoms with Crippen molar-refractivity contribution in [1.29, 1.82) is 0 Å². The van der Waals surface area contributed by atoms with Crippen LogP contribution in [0.4, 0.5) is 5.69 Å². The molecule has 1 fully saturated rings. The van der Waals surface area contributed by atoms with Crippen molar-refractivity contribution in [3.63, 3.8) is 0 Å². The van der Waals surface area contributed by atoms with Crippen LogP contribution in [0, 0.1) is 0 Å². The second kappa shape index (κ2) is 7.97. The summed E-state index contributed by atoms with van der Waals surface area (Å²) in [5, 5.41) is 15.2. The van der Waals surface area contributed by atoms with Gasteiger partial charge < -0.3 is 25.2 Å². The Morgan fingerprint density at radius 3 is 3.05 bits per heavy atom. The van der Waals surface area contributed by atoms with Crippen molar-refractivity contribution in [3.05, 3.63) is 24.3 Å². The summed E-state index contributed by atoms with van der Waals surface area (Å²) in [4.78, 5) is 12.0. The molecule has 1 heterocycles. The number of β-amino-alcohol motifs (C(OH)–C–C–N with tert-alkyl or cyclic N) is 1. The quantitative estimate of drug-likeness (QED) is 0.647. The molecule has 1 aromatic carbocycles. The predicted octanol–water partition coefficient (Wildman–Crippen LogP) is 0.763. The smallest absolute Gasteiger partial charge is 0.241 e. The number of hydrogen-bond donors (Lipinski definition) is 3. The summed E-state index contributed by atoms with van der Waals surface area (Å²) < 4.78 is 10.5. The third kappa shape index (κ3) is 5.00. The minimum Gasteiger partial charge on any atom is -0.493 e. The monoisotopic (exact) mass is 294 g/mol. The van der Waals surface area contributed by atoms with E-state index in [9.17, 15) is 9.90 Å². The maximum atomic E-state index is 12.0. The highest BCUT2D eigenvalue weighted by Gasteiger charge is 2.27. The molecule has 1 aliphatic heterocycles. The molecule has 2 rings (SSSR count). The number of methoxy groups -OCH3 is 1. The first-order chi connectivity index (χ1) is 10.2. The second-order valence-corrected chi connectivity index (χ2v) is 5.06. The van der Waals surface area contributed by atoms with Gasteiger partial charge in [-0.3, -0.25) is 4.79 Å². The summed E-state index contributed by atoms with van der Waals surface area (Å²) in [6, 6.07) is 6.94. The molecule has 0 aliphatic carbocycles. The van der Waals surface area contributed by atoms with Gasteiger partial charge in [-0.1, -0.05) is 6.07 Å². The van der Waals surface area contributed by atoms with Gasteiger partial charge in [-0.25, -0.2) is 0 Å². The van der Waals surface area contributed by atoms with E-state index in [0.717, 1.165) is 6.42 Å². The van der Waals surface area contributed by atoms with E-state index in [1.807, 2.05) is 18.2 Å². The molecule has 1 aromatic rings. The lowest BCUT2D eigenvalue weighted by atomic mass is 10.2. The normalized spacial score (nSPS) is 21.2. The van der Waals surface area contributed by atoms with Crippen LogP contribution >= 0.6 is 0 Å². The number of rotatable bonds is 7. The lowest BCUT2D eigenvalue weighted by molar-refractivity contribution is -0.117. The van der Waals surface area contributed by atoms with E-state index in [1.54, 1.807) is 13.2 Å². The molecule has 1 amide bonds. The maximum absolute atomic E-state index is 12.0. The number of carbonyl (C=O) groups is 1. The van der Waals surface area contributed by atoms with Crippen LogP contribution in [0.5, 0.6) is 5.75 Å². The lowest BCUT2D eigenvalue weighted by Gasteiger charge is -2.12. The van der Waals surface area contributed by atoms with Gasteiger partial charge in [0.25, 0.3) is 0 Å². The number of anilines is 1. The van der Waals surface area contributed by atoms with Crippen LogP contribution in [-0.4, -0.2) is 50.0 Å². The minimum absolute atomic E-state index is 0.136. The maximum Gasteiger partial charge on any atom is 0.241 e. The molecule has 2 atom stereocenters. The van der Waals surface area contributed by atoms with Crippen molar-refractivity contribution in [2.75, 3.05) is 32.2 Å². The van der Waals surface area contributed by atoms with Crippen LogP contribution < -0.4 is 15.4 Å². The van der Waals surface area contributed by atoms with E-state index >= 15 is 0 Å². The number of aliphatic hydroxyl groups is 1. The number of aliphatic hydroxyl groups excluding tert-OH is 1. The zero-order valence-corrected chi connectivity index (χ0v) is 12.2. The van der Waals surface area contributed by atoms with E-state index in [1.165, 1.54) is 0 Å². The third-order valence-corrected chi connectivity index (χ3v) is 3.29. The second-order valence-electron chi connectivity index (χ2n) is 5.06. The fourth-order valence-corrected chi connectivity index (χ4v) is 2.20. The average Bonchev–Trinajstić information content (AvgIpc) is 2.91. The first-order valence-electron chi connectivity index (χ1n) is 7.13. The van der Waals surface area contributed by atoms with Crippen LogP contribution in [0.15, 0.2) is 24.3 Å². The minimum atomic E-state index is -0.448. The number of amides is 1. The molecule has 6 nitrogen and oxygen atoms in total. The first kappa shape index (κ1) is 15.8. The Labute approximate surface area is 124 Å². The van der Waals surface area contributed by atoms with Gasteiger partial charge in [-0.05, 0) is 18.6 Å². The fraction of sp³-hybridized carbons (Fsp3) is 0.533. The van der Waals surface area contributed by atoms with Crippen molar-refractivity contribution >= 4 is 11.6 Å². The van der Waals surface area contributed by atoms with E-state index in [4.69, 9.17) is 9.47 Å². The Balaban J connectivity index is 1.84. The first-order valence-corrected chi connectivity index (χ1v) is 7.13. The van der Waals surface area contributed by atoms with Gasteiger partial charge in [-0.2, -0.15) is 0 Å². The zero-order valence-electron chi connectivity index (χ0n) is 12.2. The van der Waals surface area contributed by atoms with Crippen molar-refractivity contribution in [2.45, 2.75) is 25.0 Å². The Hall–Kier alpha value is -1.63. The summed E-state index contributed by atoms with van der Waals surface area (Å²) in [5.41, 5.74) is 0.687. The highest BCUT2D eigenvalue weighted by molar-refractivity contribution is 5.95. The molecular weight excluding hydrogens is 272 g/mol. The summed E-state index contributed by atoms with van der Waals surface area (Å²) in [5.74, 6) is 0.575. The molecule has 1 aliphatic rings. The van der Waals surface area contributed by atoms with Gasteiger partial charge in [0.2, 0.25) is 5.91 Å². The van der Waals surface area contributed by atoms with E-state index in [-0.39, 0.29) is 11.9 Å². The molecule has 0 spiro atoms. The Bertz CT molecular complexity index is 467. The number of hydrogen-bond acceptors (Lipinski definition) is 5. The van der Waals surface area contributed by atoms with Crippen LogP contribution in [0.3, 0.4) is 0 Å². The number of benzene rings is 1. The molecule has 21 heavy (non-hydrogen) atoms. The number of nitrogens with one attached hydrogen (secondary N) is 2. The highest BCUT2D eigenvalue weighted by atomic mass is 16.5. The molecule has 0 aromatic heterocycles. The predicted molar refractivity (Wildman–Crippen MR) is 79.5 cm³/mol. The lowest BCUT2D eigenvalue weighted by Crippen LogP contribution is -2.35. The summed E-state index contributed by atoms with van der Waals surface area (Å²) in [6.45, 7) is 1.69. The SMILES string of the molecule is COCCCOc1cccc(NC(=O)C2CC(O)CN2)c1. The van der Waals surface area contributed by atoms with Gasteiger partial charge in [-0.15, -0.1) is 0 Å². The van der Waals surface area contributed by atoms with E-state index in [0.29, 0.717) is 37.6 Å². The molecule has 1 saturated heterocycles.